The molecule has 0 aliphatic rings. The highest BCUT2D eigenvalue weighted by Crippen LogP contribution is 2.29. The Bertz CT molecular complexity index is 1040. The summed E-state index contributed by atoms with van der Waals surface area (Å²) in [7, 11) is 0. The van der Waals surface area contributed by atoms with Crippen LogP contribution < -0.4 is 0 Å². The van der Waals surface area contributed by atoms with E-state index in [1.807, 2.05) is 71.4 Å². The monoisotopic (exact) mass is 341 g/mol. The Balaban J connectivity index is 1.87. The molecule has 0 N–H and O–H groups in total. The van der Waals surface area contributed by atoms with Crippen LogP contribution in [0, 0.1) is 10.1 Å². The van der Waals surface area contributed by atoms with Gasteiger partial charge in [0.25, 0.3) is 5.69 Å². The smallest absolute Gasteiger partial charge is 0.258 e. The fourth-order valence-electron chi connectivity index (χ4n) is 2.86. The molecule has 0 unspecified atom stereocenters. The lowest BCUT2D eigenvalue weighted by Crippen LogP contribution is -1.99. The molecule has 4 aromatic rings. The van der Waals surface area contributed by atoms with Gasteiger partial charge in [-0.3, -0.25) is 10.1 Å². The number of non-ortho nitro benzene ring substituents is 1. The van der Waals surface area contributed by atoms with Gasteiger partial charge in [-0.25, -0.2) is 4.68 Å². The number of nitro benzene ring substituents is 1. The molecular weight excluding hydrogens is 326 g/mol. The fourth-order valence-corrected chi connectivity index (χ4v) is 2.86. The molecule has 3 aromatic carbocycles. The van der Waals surface area contributed by atoms with Crippen molar-refractivity contribution >= 4 is 5.69 Å². The first kappa shape index (κ1) is 15.8. The van der Waals surface area contributed by atoms with Crippen LogP contribution in [0.25, 0.3) is 28.2 Å². The van der Waals surface area contributed by atoms with Crippen molar-refractivity contribution in [3.63, 3.8) is 0 Å². The van der Waals surface area contributed by atoms with E-state index in [9.17, 15) is 10.1 Å². The van der Waals surface area contributed by atoms with Crippen molar-refractivity contribution in [1.82, 2.24) is 9.78 Å². The maximum Gasteiger partial charge on any atom is 0.269 e. The van der Waals surface area contributed by atoms with Gasteiger partial charge >= 0.3 is 0 Å². The zero-order valence-electron chi connectivity index (χ0n) is 13.8. The second-order valence-electron chi connectivity index (χ2n) is 5.83. The van der Waals surface area contributed by atoms with Crippen molar-refractivity contribution in [1.29, 1.82) is 0 Å². The molecule has 0 aliphatic heterocycles. The van der Waals surface area contributed by atoms with Crippen LogP contribution in [0.3, 0.4) is 0 Å². The molecule has 5 nitrogen and oxygen atoms in total. The molecule has 0 saturated carbocycles. The highest BCUT2D eigenvalue weighted by atomic mass is 16.6. The second kappa shape index (κ2) is 6.64. The molecule has 0 saturated heterocycles. The molecule has 5 heteroatoms. The predicted octanol–water partition coefficient (Wildman–Crippen LogP) is 5.11. The summed E-state index contributed by atoms with van der Waals surface area (Å²) in [5.74, 6) is 0. The van der Waals surface area contributed by atoms with E-state index < -0.39 is 4.92 Å². The summed E-state index contributed by atoms with van der Waals surface area (Å²) in [5.41, 5.74) is 4.62. The van der Waals surface area contributed by atoms with E-state index in [0.717, 1.165) is 28.2 Å². The standard InChI is InChI=1S/C21H15N3O2/c25-24(26)19-13-11-17(12-14-19)21-15-20(16-7-3-1-4-8-16)22-23(21)18-9-5-2-6-10-18/h1-15H. The molecule has 0 atom stereocenters. The molecule has 0 amide bonds. The van der Waals surface area contributed by atoms with Crippen LogP contribution in [0.2, 0.25) is 0 Å². The van der Waals surface area contributed by atoms with Gasteiger partial charge in [0, 0.05) is 23.3 Å². The summed E-state index contributed by atoms with van der Waals surface area (Å²) < 4.78 is 1.86. The third-order valence-electron chi connectivity index (χ3n) is 4.15. The molecule has 1 aromatic heterocycles. The molecule has 126 valence electrons. The highest BCUT2D eigenvalue weighted by molar-refractivity contribution is 5.71. The third-order valence-corrected chi connectivity index (χ3v) is 4.15. The molecule has 0 bridgehead atoms. The summed E-state index contributed by atoms with van der Waals surface area (Å²) in [4.78, 5) is 10.5. The van der Waals surface area contributed by atoms with E-state index in [2.05, 4.69) is 0 Å². The number of hydrogen-bond donors (Lipinski definition) is 0. The Morgan fingerprint density at radius 2 is 1.38 bits per heavy atom. The summed E-state index contributed by atoms with van der Waals surface area (Å²) in [5, 5.41) is 15.7. The van der Waals surface area contributed by atoms with Gasteiger partial charge in [0.2, 0.25) is 0 Å². The molecule has 0 radical (unpaired) electrons. The maximum atomic E-state index is 10.9. The zero-order valence-corrected chi connectivity index (χ0v) is 13.8. The minimum Gasteiger partial charge on any atom is -0.258 e. The van der Waals surface area contributed by atoms with E-state index >= 15 is 0 Å². The molecule has 0 fully saturated rings. The SMILES string of the molecule is O=[N+]([O-])c1ccc(-c2cc(-c3ccccc3)nn2-c2ccccc2)cc1. The molecule has 0 spiro atoms. The van der Waals surface area contributed by atoms with Gasteiger partial charge in [0.1, 0.15) is 0 Å². The topological polar surface area (TPSA) is 61.0 Å². The zero-order chi connectivity index (χ0) is 17.9. The summed E-state index contributed by atoms with van der Waals surface area (Å²) in [6.07, 6.45) is 0. The predicted molar refractivity (Wildman–Crippen MR) is 101 cm³/mol. The van der Waals surface area contributed by atoms with Crippen molar-refractivity contribution in [2.75, 3.05) is 0 Å². The van der Waals surface area contributed by atoms with Crippen molar-refractivity contribution in [2.45, 2.75) is 0 Å². The number of hydrogen-bond acceptors (Lipinski definition) is 3. The summed E-state index contributed by atoms with van der Waals surface area (Å²) in [6, 6.07) is 28.3. The molecule has 0 aliphatic carbocycles. The van der Waals surface area contributed by atoms with E-state index in [0.29, 0.717) is 0 Å². The quantitative estimate of drug-likeness (QED) is 0.382. The van der Waals surface area contributed by atoms with Crippen LogP contribution in [0.5, 0.6) is 0 Å². The number of nitro groups is 1. The van der Waals surface area contributed by atoms with Crippen molar-refractivity contribution in [3.8, 4) is 28.2 Å². The Hall–Kier alpha value is -3.73. The maximum absolute atomic E-state index is 10.9. The fraction of sp³-hybridized carbons (Fsp3) is 0. The van der Waals surface area contributed by atoms with Crippen LogP contribution in [-0.4, -0.2) is 14.7 Å². The van der Waals surface area contributed by atoms with E-state index in [-0.39, 0.29) is 5.69 Å². The summed E-state index contributed by atoms with van der Waals surface area (Å²) >= 11 is 0. The van der Waals surface area contributed by atoms with Gasteiger partial charge in [-0.15, -0.1) is 0 Å². The van der Waals surface area contributed by atoms with Crippen LogP contribution in [0.15, 0.2) is 91.0 Å². The number of benzene rings is 3. The Kier molecular flexibility index (Phi) is 4.03. The Labute approximate surface area is 150 Å². The molecule has 4 rings (SSSR count). The van der Waals surface area contributed by atoms with Gasteiger partial charge in [0.05, 0.1) is 22.0 Å². The first-order valence-electron chi connectivity index (χ1n) is 8.18. The molecule has 1 heterocycles. The second-order valence-corrected chi connectivity index (χ2v) is 5.83. The average Bonchev–Trinajstić information content (AvgIpc) is 3.15. The minimum absolute atomic E-state index is 0.0720. The number of para-hydroxylation sites is 1. The first-order chi connectivity index (χ1) is 12.7. The lowest BCUT2D eigenvalue weighted by molar-refractivity contribution is -0.384. The van der Waals surface area contributed by atoms with Crippen LogP contribution in [-0.2, 0) is 0 Å². The molecule has 26 heavy (non-hydrogen) atoms. The first-order valence-corrected chi connectivity index (χ1v) is 8.18. The summed E-state index contributed by atoms with van der Waals surface area (Å²) in [6.45, 7) is 0. The number of rotatable bonds is 4. The van der Waals surface area contributed by atoms with Crippen molar-refractivity contribution < 1.29 is 4.92 Å². The Morgan fingerprint density at radius 3 is 2.00 bits per heavy atom. The van der Waals surface area contributed by atoms with Gasteiger partial charge in [-0.2, -0.15) is 5.10 Å². The third kappa shape index (κ3) is 2.98. The highest BCUT2D eigenvalue weighted by Gasteiger charge is 2.14. The molecular formula is C21H15N3O2. The largest absolute Gasteiger partial charge is 0.269 e. The van der Waals surface area contributed by atoms with Crippen LogP contribution in [0.1, 0.15) is 0 Å². The minimum atomic E-state index is -0.395. The van der Waals surface area contributed by atoms with E-state index in [1.165, 1.54) is 12.1 Å². The van der Waals surface area contributed by atoms with Gasteiger partial charge in [-0.1, -0.05) is 48.5 Å². The van der Waals surface area contributed by atoms with E-state index in [4.69, 9.17) is 5.10 Å². The number of nitrogens with zero attached hydrogens (tertiary/aromatic N) is 3. The van der Waals surface area contributed by atoms with Crippen LogP contribution >= 0.6 is 0 Å². The van der Waals surface area contributed by atoms with Gasteiger partial charge < -0.3 is 0 Å². The van der Waals surface area contributed by atoms with Gasteiger partial charge in [0.15, 0.2) is 0 Å². The lowest BCUT2D eigenvalue weighted by atomic mass is 10.1. The van der Waals surface area contributed by atoms with E-state index in [1.54, 1.807) is 12.1 Å². The van der Waals surface area contributed by atoms with Gasteiger partial charge in [-0.05, 0) is 30.3 Å². The van der Waals surface area contributed by atoms with Crippen LogP contribution in [0.4, 0.5) is 5.69 Å². The normalized spacial score (nSPS) is 10.6. The number of aromatic nitrogens is 2. The lowest BCUT2D eigenvalue weighted by Gasteiger charge is -2.07. The van der Waals surface area contributed by atoms with Crippen molar-refractivity contribution in [2.24, 2.45) is 0 Å². The van der Waals surface area contributed by atoms with Crippen molar-refractivity contribution in [3.05, 3.63) is 101 Å². The Morgan fingerprint density at radius 1 is 0.769 bits per heavy atom. The average molecular weight is 341 g/mol.